The number of likely N-dealkylation sites (N-methyl/N-ethyl adjacent to an activating group) is 2. The van der Waals surface area contributed by atoms with Gasteiger partial charge in [-0.1, -0.05) is 27.2 Å². The smallest absolute Gasteiger partial charge is 0.236 e. The molecular weight excluding hydrogens is 352 g/mol. The van der Waals surface area contributed by atoms with Crippen LogP contribution in [0.25, 0.3) is 0 Å². The highest BCUT2D eigenvalue weighted by molar-refractivity contribution is 5.78. The molecule has 2 saturated heterocycles. The minimum Gasteiger partial charge on any atom is -0.342 e. The van der Waals surface area contributed by atoms with Crippen molar-refractivity contribution in [3.05, 3.63) is 0 Å². The van der Waals surface area contributed by atoms with E-state index in [0.717, 1.165) is 71.4 Å². The fourth-order valence-electron chi connectivity index (χ4n) is 4.64. The molecule has 0 aromatic heterocycles. The summed E-state index contributed by atoms with van der Waals surface area (Å²) in [6.45, 7) is 12.9. The highest BCUT2D eigenvalue weighted by Crippen LogP contribution is 2.32. The lowest BCUT2D eigenvalue weighted by molar-refractivity contribution is -0.135. The maximum Gasteiger partial charge on any atom is 0.236 e. The quantitative estimate of drug-likeness (QED) is 0.650. The van der Waals surface area contributed by atoms with Gasteiger partial charge in [0.15, 0.2) is 0 Å². The summed E-state index contributed by atoms with van der Waals surface area (Å²) in [7, 11) is 2.06. The Morgan fingerprint density at radius 3 is 1.93 bits per heavy atom. The number of nitrogens with one attached hydrogen (secondary N) is 1. The number of hydrogen-bond acceptors (Lipinski definition) is 4. The molecule has 0 aromatic carbocycles. The normalized spacial score (nSPS) is 20.6. The molecule has 0 aromatic rings. The Labute approximate surface area is 172 Å². The van der Waals surface area contributed by atoms with Gasteiger partial charge in [0, 0.05) is 32.7 Å². The molecular formula is C22H42N4O2. The highest BCUT2D eigenvalue weighted by atomic mass is 16.2. The maximum atomic E-state index is 12.6. The van der Waals surface area contributed by atoms with Gasteiger partial charge in [0.05, 0.1) is 13.1 Å². The number of hydrogen-bond donors (Lipinski definition) is 1. The summed E-state index contributed by atoms with van der Waals surface area (Å²) in [4.78, 5) is 31.0. The summed E-state index contributed by atoms with van der Waals surface area (Å²) in [6.07, 6.45) is 5.64. The van der Waals surface area contributed by atoms with Gasteiger partial charge in [0.1, 0.15) is 0 Å². The largest absolute Gasteiger partial charge is 0.342 e. The number of likely N-dealkylation sites (tertiary alicyclic amines) is 2. The molecule has 2 rings (SSSR count). The SMILES string of the molecule is CCNCC(=O)N1CCC(C2CCN(C(=O)CN(C)CC(C)CC)CC2)CC1. The topological polar surface area (TPSA) is 55.9 Å². The Bertz CT molecular complexity index is 483. The van der Waals surface area contributed by atoms with Crippen molar-refractivity contribution in [2.24, 2.45) is 17.8 Å². The number of amides is 2. The number of carbonyl (C=O) groups excluding carboxylic acids is 2. The Morgan fingerprint density at radius 2 is 1.46 bits per heavy atom. The molecule has 0 saturated carbocycles. The summed E-state index contributed by atoms with van der Waals surface area (Å²) in [6, 6.07) is 0. The Hall–Kier alpha value is -1.14. The average molecular weight is 395 g/mol. The third kappa shape index (κ3) is 7.03. The average Bonchev–Trinajstić information content (AvgIpc) is 2.72. The molecule has 6 nitrogen and oxygen atoms in total. The van der Waals surface area contributed by atoms with E-state index < -0.39 is 0 Å². The van der Waals surface area contributed by atoms with Crippen molar-refractivity contribution < 1.29 is 9.59 Å². The van der Waals surface area contributed by atoms with Gasteiger partial charge < -0.3 is 15.1 Å². The minimum atomic E-state index is 0.238. The molecule has 6 heteroatoms. The van der Waals surface area contributed by atoms with Gasteiger partial charge in [-0.2, -0.15) is 0 Å². The van der Waals surface area contributed by atoms with Gasteiger partial charge in [-0.05, 0) is 57.0 Å². The van der Waals surface area contributed by atoms with E-state index in [4.69, 9.17) is 0 Å². The van der Waals surface area contributed by atoms with Crippen molar-refractivity contribution >= 4 is 11.8 Å². The summed E-state index contributed by atoms with van der Waals surface area (Å²) in [5.41, 5.74) is 0. The monoisotopic (exact) mass is 394 g/mol. The van der Waals surface area contributed by atoms with Crippen molar-refractivity contribution in [3.8, 4) is 0 Å². The molecule has 2 amide bonds. The predicted molar refractivity (Wildman–Crippen MR) is 114 cm³/mol. The van der Waals surface area contributed by atoms with Crippen molar-refractivity contribution in [3.63, 3.8) is 0 Å². The van der Waals surface area contributed by atoms with Crippen LogP contribution < -0.4 is 5.32 Å². The van der Waals surface area contributed by atoms with Crippen LogP contribution in [0.5, 0.6) is 0 Å². The number of carbonyl (C=O) groups is 2. The third-order valence-corrected chi connectivity index (χ3v) is 6.70. The first-order valence-electron chi connectivity index (χ1n) is 11.4. The van der Waals surface area contributed by atoms with Crippen LogP contribution in [0.2, 0.25) is 0 Å². The van der Waals surface area contributed by atoms with Gasteiger partial charge in [0.2, 0.25) is 11.8 Å². The van der Waals surface area contributed by atoms with Crippen LogP contribution in [0.15, 0.2) is 0 Å². The summed E-state index contributed by atoms with van der Waals surface area (Å²) in [5, 5.41) is 3.13. The second-order valence-electron chi connectivity index (χ2n) is 8.93. The zero-order chi connectivity index (χ0) is 20.5. The molecule has 0 spiro atoms. The first-order valence-corrected chi connectivity index (χ1v) is 11.4. The Balaban J connectivity index is 1.68. The number of piperidine rings is 2. The lowest BCUT2D eigenvalue weighted by Gasteiger charge is -2.40. The van der Waals surface area contributed by atoms with Crippen LogP contribution in [0.3, 0.4) is 0 Å². The standard InChI is InChI=1S/C22H42N4O2/c1-5-18(3)16-24(4)17-22(28)26-13-9-20(10-14-26)19-7-11-25(12-8-19)21(27)15-23-6-2/h18-20,23H,5-17H2,1-4H3. The van der Waals surface area contributed by atoms with Crippen LogP contribution in [-0.4, -0.2) is 85.9 Å². The van der Waals surface area contributed by atoms with E-state index >= 15 is 0 Å². The predicted octanol–water partition coefficient (Wildman–Crippen LogP) is 2.05. The van der Waals surface area contributed by atoms with Gasteiger partial charge >= 0.3 is 0 Å². The van der Waals surface area contributed by atoms with Crippen molar-refractivity contribution in [2.75, 3.05) is 59.4 Å². The van der Waals surface area contributed by atoms with Crippen LogP contribution in [-0.2, 0) is 9.59 Å². The van der Waals surface area contributed by atoms with Gasteiger partial charge in [-0.3, -0.25) is 14.5 Å². The van der Waals surface area contributed by atoms with E-state index in [0.29, 0.717) is 30.8 Å². The second-order valence-corrected chi connectivity index (χ2v) is 8.93. The van der Waals surface area contributed by atoms with E-state index in [2.05, 4.69) is 36.0 Å². The molecule has 2 aliphatic heterocycles. The molecule has 0 bridgehead atoms. The second kappa shape index (κ2) is 11.8. The Kier molecular flexibility index (Phi) is 9.72. The molecule has 1 unspecified atom stereocenters. The molecule has 1 N–H and O–H groups in total. The molecule has 1 atom stereocenters. The van der Waals surface area contributed by atoms with Crippen LogP contribution in [0, 0.1) is 17.8 Å². The zero-order valence-electron chi connectivity index (χ0n) is 18.6. The molecule has 0 radical (unpaired) electrons. The van der Waals surface area contributed by atoms with Crippen molar-refractivity contribution in [2.45, 2.75) is 52.9 Å². The lowest BCUT2D eigenvalue weighted by Crippen LogP contribution is -2.47. The first kappa shape index (κ1) is 23.1. The third-order valence-electron chi connectivity index (χ3n) is 6.70. The molecule has 162 valence electrons. The Morgan fingerprint density at radius 1 is 0.964 bits per heavy atom. The van der Waals surface area contributed by atoms with E-state index in [1.165, 1.54) is 0 Å². The molecule has 28 heavy (non-hydrogen) atoms. The fourth-order valence-corrected chi connectivity index (χ4v) is 4.64. The fraction of sp³-hybridized carbons (Fsp3) is 0.909. The van der Waals surface area contributed by atoms with Crippen LogP contribution in [0.1, 0.15) is 52.9 Å². The summed E-state index contributed by atoms with van der Waals surface area (Å²) >= 11 is 0. The number of nitrogens with zero attached hydrogens (tertiary/aromatic N) is 3. The number of rotatable bonds is 9. The van der Waals surface area contributed by atoms with Crippen LogP contribution in [0.4, 0.5) is 0 Å². The minimum absolute atomic E-state index is 0.238. The summed E-state index contributed by atoms with van der Waals surface area (Å²) in [5.74, 6) is 2.59. The zero-order valence-corrected chi connectivity index (χ0v) is 18.6. The van der Waals surface area contributed by atoms with Gasteiger partial charge in [-0.15, -0.1) is 0 Å². The van der Waals surface area contributed by atoms with E-state index in [1.807, 2.05) is 11.8 Å². The maximum absolute atomic E-state index is 12.6. The van der Waals surface area contributed by atoms with E-state index in [9.17, 15) is 9.59 Å². The van der Waals surface area contributed by atoms with Crippen molar-refractivity contribution in [1.29, 1.82) is 0 Å². The van der Waals surface area contributed by atoms with Gasteiger partial charge in [-0.25, -0.2) is 0 Å². The molecule has 2 aliphatic rings. The van der Waals surface area contributed by atoms with E-state index in [-0.39, 0.29) is 11.8 Å². The molecule has 2 fully saturated rings. The van der Waals surface area contributed by atoms with Crippen LogP contribution >= 0.6 is 0 Å². The lowest BCUT2D eigenvalue weighted by atomic mass is 9.78. The van der Waals surface area contributed by atoms with E-state index in [1.54, 1.807) is 0 Å². The molecule has 2 heterocycles. The van der Waals surface area contributed by atoms with Gasteiger partial charge in [0.25, 0.3) is 0 Å². The summed E-state index contributed by atoms with van der Waals surface area (Å²) < 4.78 is 0. The molecule has 0 aliphatic carbocycles. The first-order chi connectivity index (χ1) is 13.4. The van der Waals surface area contributed by atoms with Crippen molar-refractivity contribution in [1.82, 2.24) is 20.0 Å². The highest BCUT2D eigenvalue weighted by Gasteiger charge is 2.32.